The molecule has 26 heavy (non-hydrogen) atoms. The second-order valence-corrected chi connectivity index (χ2v) is 8.28. The number of nitrogens with zero attached hydrogens (tertiary/aromatic N) is 2. The summed E-state index contributed by atoms with van der Waals surface area (Å²) in [5, 5.41) is 2.85. The van der Waals surface area contributed by atoms with E-state index in [1.165, 1.54) is 11.3 Å². The molecule has 0 aliphatic rings. The Labute approximate surface area is 157 Å². The number of hydrogen-bond donors (Lipinski definition) is 1. The molecule has 3 aromatic rings. The minimum atomic E-state index is -3.56. The lowest BCUT2D eigenvalue weighted by Crippen LogP contribution is -2.26. The third-order valence-corrected chi connectivity index (χ3v) is 6.23. The fourth-order valence-electron chi connectivity index (χ4n) is 2.46. The van der Waals surface area contributed by atoms with E-state index >= 15 is 0 Å². The first-order valence-corrected chi connectivity index (χ1v) is 10.3. The molecule has 0 saturated carbocycles. The molecule has 6 nitrogen and oxygen atoms in total. The number of hydrogen-bond acceptors (Lipinski definition) is 6. The van der Waals surface area contributed by atoms with E-state index in [2.05, 4.69) is 14.7 Å². The van der Waals surface area contributed by atoms with E-state index in [-0.39, 0.29) is 11.4 Å². The van der Waals surface area contributed by atoms with E-state index in [1.54, 1.807) is 37.7 Å². The van der Waals surface area contributed by atoms with Crippen molar-refractivity contribution in [2.24, 2.45) is 0 Å². The minimum Gasteiger partial charge on any atom is -0.496 e. The molecule has 0 fully saturated rings. The third kappa shape index (κ3) is 4.27. The van der Waals surface area contributed by atoms with Crippen molar-refractivity contribution in [3.63, 3.8) is 0 Å². The number of thiazole rings is 1. The summed E-state index contributed by atoms with van der Waals surface area (Å²) in [6, 6.07) is 8.60. The number of aromatic nitrogens is 2. The zero-order valence-corrected chi connectivity index (χ0v) is 16.1. The predicted octanol–water partition coefficient (Wildman–Crippen LogP) is 3.04. The van der Waals surface area contributed by atoms with Gasteiger partial charge in [0, 0.05) is 36.3 Å². The Kier molecular flexibility index (Phi) is 5.65. The van der Waals surface area contributed by atoms with E-state index in [0.717, 1.165) is 21.8 Å². The van der Waals surface area contributed by atoms with Crippen molar-refractivity contribution >= 4 is 21.4 Å². The van der Waals surface area contributed by atoms with Crippen LogP contribution in [0.1, 0.15) is 11.3 Å². The second kappa shape index (κ2) is 7.94. The van der Waals surface area contributed by atoms with E-state index < -0.39 is 10.0 Å². The van der Waals surface area contributed by atoms with Crippen molar-refractivity contribution in [3.8, 4) is 16.3 Å². The van der Waals surface area contributed by atoms with Crippen molar-refractivity contribution in [3.05, 3.63) is 59.4 Å². The van der Waals surface area contributed by atoms with Gasteiger partial charge < -0.3 is 4.74 Å². The molecule has 0 radical (unpaired) electrons. The van der Waals surface area contributed by atoms with Gasteiger partial charge in [0.1, 0.15) is 10.8 Å². The zero-order chi connectivity index (χ0) is 18.6. The Morgan fingerprint density at radius 3 is 2.65 bits per heavy atom. The lowest BCUT2D eigenvalue weighted by atomic mass is 10.2. The van der Waals surface area contributed by atoms with Crippen LogP contribution < -0.4 is 9.46 Å². The van der Waals surface area contributed by atoms with Gasteiger partial charge in [-0.25, -0.2) is 18.1 Å². The van der Waals surface area contributed by atoms with Crippen LogP contribution in [0.15, 0.2) is 53.0 Å². The van der Waals surface area contributed by atoms with Gasteiger partial charge in [-0.05, 0) is 42.8 Å². The lowest BCUT2D eigenvalue weighted by Gasteiger charge is -2.09. The van der Waals surface area contributed by atoms with Crippen LogP contribution in [0.4, 0.5) is 0 Å². The normalized spacial score (nSPS) is 11.5. The highest BCUT2D eigenvalue weighted by Gasteiger charge is 2.15. The summed E-state index contributed by atoms with van der Waals surface area (Å²) in [6.07, 6.45) is 3.97. The van der Waals surface area contributed by atoms with E-state index in [0.29, 0.717) is 12.2 Å². The van der Waals surface area contributed by atoms with Crippen LogP contribution in [0.25, 0.3) is 10.6 Å². The molecule has 8 heteroatoms. The van der Waals surface area contributed by atoms with Crippen molar-refractivity contribution in [2.45, 2.75) is 18.2 Å². The highest BCUT2D eigenvalue weighted by atomic mass is 32.2. The first-order chi connectivity index (χ1) is 12.5. The maximum Gasteiger partial charge on any atom is 0.240 e. The van der Waals surface area contributed by atoms with E-state index in [1.807, 2.05) is 24.4 Å². The fraction of sp³-hybridized carbons (Fsp3) is 0.222. The molecule has 0 amide bonds. The number of rotatable bonds is 7. The summed E-state index contributed by atoms with van der Waals surface area (Å²) in [7, 11) is -2.00. The molecule has 3 rings (SSSR count). The van der Waals surface area contributed by atoms with Gasteiger partial charge in [0.2, 0.25) is 10.0 Å². The molecule has 2 aromatic heterocycles. The van der Waals surface area contributed by atoms with Crippen LogP contribution in [-0.2, 0) is 16.4 Å². The Bertz CT molecular complexity index is 986. The minimum absolute atomic E-state index is 0.228. The molecule has 1 N–H and O–H groups in total. The Balaban J connectivity index is 1.62. The van der Waals surface area contributed by atoms with Crippen LogP contribution in [0.2, 0.25) is 0 Å². The van der Waals surface area contributed by atoms with Crippen LogP contribution in [0, 0.1) is 6.92 Å². The molecule has 0 aliphatic carbocycles. The quantitative estimate of drug-likeness (QED) is 0.672. The Morgan fingerprint density at radius 1 is 1.19 bits per heavy atom. The molecule has 0 unspecified atom stereocenters. The van der Waals surface area contributed by atoms with Gasteiger partial charge in [-0.1, -0.05) is 0 Å². The summed E-state index contributed by atoms with van der Waals surface area (Å²) in [6.45, 7) is 2.10. The van der Waals surface area contributed by atoms with Crippen molar-refractivity contribution in [2.75, 3.05) is 13.7 Å². The predicted molar refractivity (Wildman–Crippen MR) is 102 cm³/mol. The van der Waals surface area contributed by atoms with Gasteiger partial charge >= 0.3 is 0 Å². The maximum atomic E-state index is 12.4. The smallest absolute Gasteiger partial charge is 0.240 e. The van der Waals surface area contributed by atoms with Crippen LogP contribution >= 0.6 is 11.3 Å². The van der Waals surface area contributed by atoms with Gasteiger partial charge in [-0.2, -0.15) is 0 Å². The summed E-state index contributed by atoms with van der Waals surface area (Å²) in [5.74, 6) is 0.662. The number of benzene rings is 1. The molecule has 0 bridgehead atoms. The molecule has 0 aliphatic heterocycles. The highest BCUT2D eigenvalue weighted by molar-refractivity contribution is 7.89. The number of aryl methyl sites for hydroxylation is 1. The molecular weight excluding hydrogens is 370 g/mol. The van der Waals surface area contributed by atoms with Gasteiger partial charge in [0.05, 0.1) is 17.7 Å². The fourth-order valence-corrected chi connectivity index (χ4v) is 4.44. The van der Waals surface area contributed by atoms with E-state index in [4.69, 9.17) is 4.74 Å². The first-order valence-electron chi connectivity index (χ1n) is 7.99. The third-order valence-electron chi connectivity index (χ3n) is 3.83. The van der Waals surface area contributed by atoms with Crippen molar-refractivity contribution < 1.29 is 13.2 Å². The number of ether oxygens (including phenoxy) is 1. The summed E-state index contributed by atoms with van der Waals surface area (Å²) in [5.41, 5.74) is 2.64. The van der Waals surface area contributed by atoms with Crippen molar-refractivity contribution in [1.82, 2.24) is 14.7 Å². The molecule has 1 aromatic carbocycles. The number of pyridine rings is 1. The topological polar surface area (TPSA) is 81.2 Å². The average molecular weight is 390 g/mol. The lowest BCUT2D eigenvalue weighted by molar-refractivity contribution is 0.411. The number of sulfonamides is 1. The van der Waals surface area contributed by atoms with Gasteiger partial charge in [0.15, 0.2) is 0 Å². The monoisotopic (exact) mass is 389 g/mol. The Morgan fingerprint density at radius 2 is 1.96 bits per heavy atom. The molecular formula is C18H19N3O3S2. The SMILES string of the molecule is COc1ccc(S(=O)(=O)NCCc2csc(-c3ccncc3)n2)cc1C. The zero-order valence-electron chi connectivity index (χ0n) is 14.5. The second-order valence-electron chi connectivity index (χ2n) is 5.66. The Hall–Kier alpha value is -2.29. The van der Waals surface area contributed by atoms with Crippen LogP contribution in [-0.4, -0.2) is 32.0 Å². The molecule has 136 valence electrons. The van der Waals surface area contributed by atoms with Gasteiger partial charge in [-0.3, -0.25) is 4.98 Å². The van der Waals surface area contributed by atoms with Crippen LogP contribution in [0.5, 0.6) is 5.75 Å². The number of nitrogens with one attached hydrogen (secondary N) is 1. The van der Waals surface area contributed by atoms with Gasteiger partial charge in [-0.15, -0.1) is 11.3 Å². The maximum absolute atomic E-state index is 12.4. The summed E-state index contributed by atoms with van der Waals surface area (Å²) in [4.78, 5) is 8.77. The highest BCUT2D eigenvalue weighted by Crippen LogP contribution is 2.23. The molecule has 0 saturated heterocycles. The molecule has 0 atom stereocenters. The molecule has 0 spiro atoms. The van der Waals surface area contributed by atoms with E-state index in [9.17, 15) is 8.42 Å². The van der Waals surface area contributed by atoms with Crippen molar-refractivity contribution in [1.29, 1.82) is 0 Å². The molecule has 2 heterocycles. The largest absolute Gasteiger partial charge is 0.496 e. The van der Waals surface area contributed by atoms with Crippen LogP contribution in [0.3, 0.4) is 0 Å². The average Bonchev–Trinajstić information content (AvgIpc) is 3.11. The standard InChI is InChI=1S/C18H19N3O3S2/c1-13-11-16(3-4-17(13)24-2)26(22,23)20-10-7-15-12-25-18(21-15)14-5-8-19-9-6-14/h3-6,8-9,11-12,20H,7,10H2,1-2H3. The summed E-state index contributed by atoms with van der Waals surface area (Å²) < 4.78 is 32.6. The van der Waals surface area contributed by atoms with Gasteiger partial charge in [0.25, 0.3) is 0 Å². The number of methoxy groups -OCH3 is 1. The first kappa shape index (κ1) is 18.5. The summed E-state index contributed by atoms with van der Waals surface area (Å²) >= 11 is 1.53.